The Morgan fingerprint density at radius 2 is 2.05 bits per heavy atom. The summed E-state index contributed by atoms with van der Waals surface area (Å²) in [6, 6.07) is 8.68. The Labute approximate surface area is 141 Å². The normalized spacial score (nSPS) is 14.2. The van der Waals surface area contributed by atoms with Crippen LogP contribution in [0.5, 0.6) is 0 Å². The molecule has 0 fully saturated rings. The number of hydrogen-bond donors (Lipinski definition) is 1. The van der Waals surface area contributed by atoms with E-state index < -0.39 is 0 Å². The van der Waals surface area contributed by atoms with Gasteiger partial charge in [0.2, 0.25) is 0 Å². The van der Waals surface area contributed by atoms with Crippen LogP contribution in [0.15, 0.2) is 35.0 Å². The number of halogens is 1. The highest BCUT2D eigenvalue weighted by atomic mass is 35.5. The average molecular weight is 355 g/mol. The molecule has 0 bridgehead atoms. The van der Waals surface area contributed by atoms with Gasteiger partial charge in [0.15, 0.2) is 0 Å². The third-order valence-electron chi connectivity index (χ3n) is 3.13. The highest BCUT2D eigenvalue weighted by molar-refractivity contribution is 7.16. The highest BCUT2D eigenvalue weighted by Crippen LogP contribution is 2.35. The van der Waals surface area contributed by atoms with Crippen molar-refractivity contribution < 1.29 is 0 Å². The first-order valence-electron chi connectivity index (χ1n) is 6.60. The van der Waals surface area contributed by atoms with Gasteiger partial charge < -0.3 is 0 Å². The molecule has 3 aromatic heterocycles. The number of nitrogens with zero attached hydrogens (tertiary/aromatic N) is 1. The second kappa shape index (κ2) is 6.58. The van der Waals surface area contributed by atoms with Crippen molar-refractivity contribution >= 4 is 45.6 Å². The van der Waals surface area contributed by atoms with E-state index in [1.54, 1.807) is 34.0 Å². The molecule has 6 heteroatoms. The fourth-order valence-electron chi connectivity index (χ4n) is 2.14. The zero-order valence-electron chi connectivity index (χ0n) is 11.7. The summed E-state index contributed by atoms with van der Waals surface area (Å²) in [4.78, 5) is 7.12. The van der Waals surface area contributed by atoms with Crippen LogP contribution in [0.3, 0.4) is 0 Å². The smallest absolute Gasteiger partial charge is 0.110 e. The van der Waals surface area contributed by atoms with Crippen LogP contribution in [0.4, 0.5) is 0 Å². The number of aromatic nitrogens is 1. The van der Waals surface area contributed by atoms with E-state index >= 15 is 0 Å². The van der Waals surface area contributed by atoms with E-state index in [2.05, 4.69) is 46.2 Å². The molecule has 21 heavy (non-hydrogen) atoms. The van der Waals surface area contributed by atoms with Gasteiger partial charge >= 0.3 is 0 Å². The molecule has 0 spiro atoms. The molecule has 0 aliphatic heterocycles. The van der Waals surface area contributed by atoms with E-state index in [4.69, 9.17) is 11.6 Å². The maximum absolute atomic E-state index is 6.11. The molecule has 2 atom stereocenters. The summed E-state index contributed by atoms with van der Waals surface area (Å²) in [5, 5.41) is 9.01. The minimum Gasteiger partial charge on any atom is -0.296 e. The number of thiazole rings is 1. The first kappa shape index (κ1) is 15.2. The Morgan fingerprint density at radius 3 is 2.62 bits per heavy atom. The van der Waals surface area contributed by atoms with Gasteiger partial charge in [-0.15, -0.1) is 34.0 Å². The molecular weight excluding hydrogens is 340 g/mol. The standard InChI is InChI=1S/C15H15ClN2S3/c1-9-8-20-15(17-9)10(2)18-14(11-4-3-7-19-11)12-5-6-13(16)21-12/h3-8,10,14,18H,1-2H3. The average Bonchev–Trinajstić information content (AvgIpc) is 3.17. The van der Waals surface area contributed by atoms with Crippen LogP contribution >= 0.6 is 45.6 Å². The third kappa shape index (κ3) is 3.55. The van der Waals surface area contributed by atoms with Crippen LogP contribution in [0, 0.1) is 6.92 Å². The number of nitrogens with one attached hydrogen (secondary N) is 1. The molecule has 0 aliphatic rings. The number of thiophene rings is 2. The van der Waals surface area contributed by atoms with Gasteiger partial charge in [0.25, 0.3) is 0 Å². The lowest BCUT2D eigenvalue weighted by molar-refractivity contribution is 0.524. The Balaban J connectivity index is 1.86. The summed E-state index contributed by atoms with van der Waals surface area (Å²) in [5.41, 5.74) is 1.08. The second-order valence-electron chi connectivity index (χ2n) is 4.81. The number of rotatable bonds is 5. The van der Waals surface area contributed by atoms with Crippen molar-refractivity contribution in [3.8, 4) is 0 Å². The zero-order valence-corrected chi connectivity index (χ0v) is 14.9. The Kier molecular flexibility index (Phi) is 4.76. The van der Waals surface area contributed by atoms with Gasteiger partial charge in [-0.1, -0.05) is 17.7 Å². The lowest BCUT2D eigenvalue weighted by Crippen LogP contribution is -2.24. The van der Waals surface area contributed by atoms with Crippen molar-refractivity contribution in [2.24, 2.45) is 0 Å². The molecular formula is C15H15ClN2S3. The molecule has 2 unspecified atom stereocenters. The molecule has 3 heterocycles. The molecule has 0 saturated heterocycles. The van der Waals surface area contributed by atoms with E-state index in [9.17, 15) is 0 Å². The van der Waals surface area contributed by atoms with Crippen molar-refractivity contribution in [1.82, 2.24) is 10.3 Å². The van der Waals surface area contributed by atoms with Gasteiger partial charge in [0.05, 0.1) is 16.4 Å². The van der Waals surface area contributed by atoms with Gasteiger partial charge in [-0.3, -0.25) is 5.32 Å². The fraction of sp³-hybridized carbons (Fsp3) is 0.267. The molecule has 2 nitrogen and oxygen atoms in total. The van der Waals surface area contributed by atoms with Crippen LogP contribution in [0.25, 0.3) is 0 Å². The molecule has 1 N–H and O–H groups in total. The first-order valence-corrected chi connectivity index (χ1v) is 9.55. The lowest BCUT2D eigenvalue weighted by Gasteiger charge is -2.20. The summed E-state index contributed by atoms with van der Waals surface area (Å²) in [6.07, 6.45) is 0. The zero-order chi connectivity index (χ0) is 14.8. The summed E-state index contributed by atoms with van der Waals surface area (Å²) >= 11 is 11.2. The molecule has 0 amide bonds. The van der Waals surface area contributed by atoms with Crippen LogP contribution in [-0.2, 0) is 0 Å². The maximum atomic E-state index is 6.11. The van der Waals surface area contributed by atoms with E-state index in [0.717, 1.165) is 15.0 Å². The quantitative estimate of drug-likeness (QED) is 0.638. The van der Waals surface area contributed by atoms with E-state index in [1.807, 2.05) is 13.0 Å². The topological polar surface area (TPSA) is 24.9 Å². The molecule has 3 aromatic rings. The van der Waals surface area contributed by atoms with E-state index in [-0.39, 0.29) is 12.1 Å². The molecule has 0 radical (unpaired) electrons. The van der Waals surface area contributed by atoms with Crippen LogP contribution in [-0.4, -0.2) is 4.98 Å². The van der Waals surface area contributed by atoms with Crippen LogP contribution < -0.4 is 5.32 Å². The van der Waals surface area contributed by atoms with E-state index in [1.165, 1.54) is 9.75 Å². The SMILES string of the molecule is Cc1csc(C(C)NC(c2cccs2)c2ccc(Cl)s2)n1. The first-order chi connectivity index (χ1) is 10.1. The van der Waals surface area contributed by atoms with Crippen molar-refractivity contribution in [2.75, 3.05) is 0 Å². The molecule has 3 rings (SSSR count). The minimum atomic E-state index is 0.168. The van der Waals surface area contributed by atoms with Crippen molar-refractivity contribution in [3.05, 3.63) is 59.8 Å². The van der Waals surface area contributed by atoms with Gasteiger partial charge in [-0.2, -0.15) is 0 Å². The monoisotopic (exact) mass is 354 g/mol. The fourth-order valence-corrected chi connectivity index (χ4v) is 4.97. The lowest BCUT2D eigenvalue weighted by atomic mass is 10.1. The van der Waals surface area contributed by atoms with Gasteiger partial charge in [-0.05, 0) is 37.4 Å². The van der Waals surface area contributed by atoms with Crippen molar-refractivity contribution in [2.45, 2.75) is 25.9 Å². The van der Waals surface area contributed by atoms with Crippen LogP contribution in [0.1, 0.15) is 39.5 Å². The van der Waals surface area contributed by atoms with Gasteiger partial charge in [0, 0.05) is 20.8 Å². The summed E-state index contributed by atoms with van der Waals surface area (Å²) in [6.45, 7) is 4.19. The van der Waals surface area contributed by atoms with Crippen molar-refractivity contribution in [1.29, 1.82) is 0 Å². The number of hydrogen-bond acceptors (Lipinski definition) is 5. The summed E-state index contributed by atoms with van der Waals surface area (Å²) in [5.74, 6) is 0. The third-order valence-corrected chi connectivity index (χ3v) is 6.51. The Hall–Kier alpha value is -0.720. The second-order valence-corrected chi connectivity index (χ2v) is 8.42. The summed E-state index contributed by atoms with van der Waals surface area (Å²) in [7, 11) is 0. The Bertz CT molecular complexity index is 702. The summed E-state index contributed by atoms with van der Waals surface area (Å²) < 4.78 is 0.825. The predicted molar refractivity (Wildman–Crippen MR) is 93.9 cm³/mol. The predicted octanol–water partition coefficient (Wildman–Crippen LogP) is 5.67. The molecule has 0 saturated carbocycles. The highest BCUT2D eigenvalue weighted by Gasteiger charge is 2.21. The van der Waals surface area contributed by atoms with E-state index in [0.29, 0.717) is 0 Å². The largest absolute Gasteiger partial charge is 0.296 e. The Morgan fingerprint density at radius 1 is 1.19 bits per heavy atom. The molecule has 110 valence electrons. The maximum Gasteiger partial charge on any atom is 0.110 e. The number of aryl methyl sites for hydroxylation is 1. The molecule has 0 aromatic carbocycles. The van der Waals surface area contributed by atoms with Crippen LogP contribution in [0.2, 0.25) is 4.34 Å². The minimum absolute atomic E-state index is 0.168. The van der Waals surface area contributed by atoms with Gasteiger partial charge in [0.1, 0.15) is 5.01 Å². The van der Waals surface area contributed by atoms with Gasteiger partial charge in [-0.25, -0.2) is 4.98 Å². The van der Waals surface area contributed by atoms with Crippen molar-refractivity contribution in [3.63, 3.8) is 0 Å². The molecule has 0 aliphatic carbocycles.